The van der Waals surface area contributed by atoms with Crippen molar-refractivity contribution in [1.82, 2.24) is 9.32 Å². The van der Waals surface area contributed by atoms with E-state index in [1.165, 1.54) is 0 Å². The summed E-state index contributed by atoms with van der Waals surface area (Å²) in [6.45, 7) is 1.78. The Morgan fingerprint density at radius 2 is 1.55 bits per heavy atom. The molecule has 0 saturated carbocycles. The fraction of sp³-hybridized carbons (Fsp3) is 0.0714. The van der Waals surface area contributed by atoms with Crippen molar-refractivity contribution in [2.24, 2.45) is 4.99 Å². The zero-order valence-electron chi connectivity index (χ0n) is 18.3. The maximum absolute atomic E-state index is 11.5. The predicted octanol–water partition coefficient (Wildman–Crippen LogP) is 6.10. The summed E-state index contributed by atoms with van der Waals surface area (Å²) in [5.74, 6) is 0. The van der Waals surface area contributed by atoms with E-state index in [1.54, 1.807) is 17.6 Å². The first kappa shape index (κ1) is 21.3. The van der Waals surface area contributed by atoms with Gasteiger partial charge in [-0.25, -0.2) is 9.98 Å². The van der Waals surface area contributed by atoms with Crippen LogP contribution in [0.15, 0.2) is 115 Å². The monoisotopic (exact) mass is 449 g/mol. The van der Waals surface area contributed by atoms with Crippen LogP contribution < -0.4 is 0 Å². The molecule has 0 spiro atoms. The van der Waals surface area contributed by atoms with Gasteiger partial charge in [-0.1, -0.05) is 84.9 Å². The number of rotatable bonds is 5. The molecule has 0 aliphatic rings. The van der Waals surface area contributed by atoms with E-state index in [1.807, 2.05) is 72.9 Å². The summed E-state index contributed by atoms with van der Waals surface area (Å²) < 4.78 is 1.76. The number of nitrogens with zero attached hydrogens (tertiary/aromatic N) is 3. The summed E-state index contributed by atoms with van der Waals surface area (Å²) >= 11 is 0. The number of aliphatic hydroxyl groups is 1. The quantitative estimate of drug-likeness (QED) is 0.260. The highest BCUT2D eigenvalue weighted by Gasteiger charge is 2.30. The molecule has 1 N–H and O–H groups in total. The fourth-order valence-electron chi connectivity index (χ4n) is 4.10. The number of hydrogen-bond acceptors (Lipinski definition) is 3. The van der Waals surface area contributed by atoms with Gasteiger partial charge in [-0.05, 0) is 44.8 Å². The first-order valence-electron chi connectivity index (χ1n) is 10.8. The zero-order valence-corrected chi connectivity index (χ0v) is 19.4. The van der Waals surface area contributed by atoms with E-state index < -0.39 is 5.60 Å². The third kappa shape index (κ3) is 4.23. The first-order chi connectivity index (χ1) is 16.0. The number of fused-ring (bicyclic) bond motifs is 1. The minimum absolute atomic E-state index is 0.591. The average molecular weight is 449 g/mol. The molecule has 0 fully saturated rings. The molecular formula is C28H24N3OP. The minimum atomic E-state index is -1.24. The molecule has 0 saturated heterocycles. The van der Waals surface area contributed by atoms with Crippen molar-refractivity contribution < 1.29 is 5.11 Å². The number of imidazole rings is 1. The molecule has 4 aromatic carbocycles. The normalized spacial score (nSPS) is 12.9. The molecule has 0 radical (unpaired) electrons. The molecular weight excluding hydrogens is 425 g/mol. The third-order valence-corrected chi connectivity index (χ3v) is 6.11. The van der Waals surface area contributed by atoms with Gasteiger partial charge in [0.2, 0.25) is 0 Å². The standard InChI is InChI=1S/C28H24N3OP/c1-28(32,26-18-31(33)19-29-26)25-14-8-13-20-15-16-23(17-24(20)25)30-27(21-9-4-2-5-10-21)22-11-6-3-7-12-22/h2-19,32H,33H2,1H3. The van der Waals surface area contributed by atoms with E-state index in [4.69, 9.17) is 4.99 Å². The lowest BCUT2D eigenvalue weighted by Crippen LogP contribution is -2.23. The third-order valence-electron chi connectivity index (χ3n) is 5.83. The van der Waals surface area contributed by atoms with Crippen molar-refractivity contribution in [3.05, 3.63) is 132 Å². The molecule has 2 unspecified atom stereocenters. The van der Waals surface area contributed by atoms with Crippen LogP contribution in [0, 0.1) is 0 Å². The van der Waals surface area contributed by atoms with Crippen molar-refractivity contribution in [3.8, 4) is 0 Å². The number of aromatic nitrogens is 2. The Morgan fingerprint density at radius 3 is 2.15 bits per heavy atom. The van der Waals surface area contributed by atoms with Crippen LogP contribution >= 0.6 is 9.39 Å². The van der Waals surface area contributed by atoms with E-state index in [0.29, 0.717) is 5.69 Å². The summed E-state index contributed by atoms with van der Waals surface area (Å²) in [6, 6.07) is 32.5. The van der Waals surface area contributed by atoms with Crippen LogP contribution in [0.3, 0.4) is 0 Å². The summed E-state index contributed by atoms with van der Waals surface area (Å²) in [5.41, 5.74) is 3.97. The van der Waals surface area contributed by atoms with Gasteiger partial charge in [0.25, 0.3) is 0 Å². The van der Waals surface area contributed by atoms with Crippen LogP contribution in [0.5, 0.6) is 0 Å². The highest BCUT2D eigenvalue weighted by molar-refractivity contribution is 7.14. The molecule has 5 aromatic rings. The molecule has 2 atom stereocenters. The van der Waals surface area contributed by atoms with Crippen molar-refractivity contribution in [2.45, 2.75) is 12.5 Å². The zero-order chi connectivity index (χ0) is 22.8. The van der Waals surface area contributed by atoms with Gasteiger partial charge < -0.3 is 9.44 Å². The lowest BCUT2D eigenvalue weighted by atomic mass is 9.88. The maximum Gasteiger partial charge on any atom is 0.131 e. The second kappa shape index (κ2) is 8.74. The Hall–Kier alpha value is -3.59. The Labute approximate surface area is 195 Å². The van der Waals surface area contributed by atoms with Gasteiger partial charge in [0.1, 0.15) is 5.60 Å². The number of aliphatic imine (C=N–C) groups is 1. The highest BCUT2D eigenvalue weighted by atomic mass is 31.0. The van der Waals surface area contributed by atoms with E-state index in [-0.39, 0.29) is 0 Å². The second-order valence-corrected chi connectivity index (χ2v) is 8.78. The molecule has 5 heteroatoms. The Morgan fingerprint density at radius 1 is 0.879 bits per heavy atom. The Balaban J connectivity index is 1.67. The second-order valence-electron chi connectivity index (χ2n) is 8.18. The molecule has 1 heterocycles. The average Bonchev–Trinajstić information content (AvgIpc) is 3.30. The minimum Gasteiger partial charge on any atom is -0.379 e. The van der Waals surface area contributed by atoms with Crippen molar-refractivity contribution in [3.63, 3.8) is 0 Å². The van der Waals surface area contributed by atoms with Crippen molar-refractivity contribution >= 4 is 31.6 Å². The van der Waals surface area contributed by atoms with Gasteiger partial charge in [0, 0.05) is 17.3 Å². The van der Waals surface area contributed by atoms with E-state index >= 15 is 0 Å². The van der Waals surface area contributed by atoms with E-state index in [0.717, 1.165) is 38.9 Å². The van der Waals surface area contributed by atoms with Crippen molar-refractivity contribution in [1.29, 1.82) is 0 Å². The number of hydrogen-bond donors (Lipinski definition) is 1. The maximum atomic E-state index is 11.5. The van der Waals surface area contributed by atoms with Gasteiger partial charge in [0.05, 0.1) is 23.4 Å². The van der Waals surface area contributed by atoms with Crippen LogP contribution in [-0.2, 0) is 5.60 Å². The molecule has 4 nitrogen and oxygen atoms in total. The van der Waals surface area contributed by atoms with E-state index in [2.05, 4.69) is 44.7 Å². The summed E-state index contributed by atoms with van der Waals surface area (Å²) in [5, 5.41) is 13.5. The first-order valence-corrected chi connectivity index (χ1v) is 11.3. The predicted molar refractivity (Wildman–Crippen MR) is 138 cm³/mol. The van der Waals surface area contributed by atoms with Crippen molar-refractivity contribution in [2.75, 3.05) is 0 Å². The van der Waals surface area contributed by atoms with Gasteiger partial charge in [-0.2, -0.15) is 0 Å². The summed E-state index contributed by atoms with van der Waals surface area (Å²) in [7, 11) is 2.55. The fourth-order valence-corrected chi connectivity index (χ4v) is 4.31. The van der Waals surface area contributed by atoms with Crippen LogP contribution in [-0.4, -0.2) is 20.1 Å². The SMILES string of the molecule is CC(O)(c1cn(P)cn1)c1cccc2ccc(N=C(c3ccccc3)c3ccccc3)cc12. The molecule has 5 rings (SSSR count). The van der Waals surface area contributed by atoms with Gasteiger partial charge in [-0.15, -0.1) is 0 Å². The van der Waals surface area contributed by atoms with Gasteiger partial charge in [0.15, 0.2) is 0 Å². The van der Waals surface area contributed by atoms with Crippen LogP contribution in [0.25, 0.3) is 10.8 Å². The Bertz CT molecular complexity index is 1400. The highest BCUT2D eigenvalue weighted by Crippen LogP contribution is 2.35. The molecule has 0 amide bonds. The van der Waals surface area contributed by atoms with Crippen LogP contribution in [0.1, 0.15) is 29.3 Å². The van der Waals surface area contributed by atoms with Crippen LogP contribution in [0.2, 0.25) is 0 Å². The van der Waals surface area contributed by atoms with Gasteiger partial charge >= 0.3 is 0 Å². The molecule has 0 aliphatic carbocycles. The molecule has 1 aromatic heterocycles. The largest absolute Gasteiger partial charge is 0.379 e. The smallest absolute Gasteiger partial charge is 0.131 e. The van der Waals surface area contributed by atoms with Crippen LogP contribution in [0.4, 0.5) is 5.69 Å². The van der Waals surface area contributed by atoms with E-state index in [9.17, 15) is 5.11 Å². The molecule has 0 bridgehead atoms. The summed E-state index contributed by atoms with van der Waals surface area (Å²) in [6.07, 6.45) is 3.48. The molecule has 0 aliphatic heterocycles. The molecule has 33 heavy (non-hydrogen) atoms. The lowest BCUT2D eigenvalue weighted by molar-refractivity contribution is 0.0994. The molecule has 162 valence electrons. The summed E-state index contributed by atoms with van der Waals surface area (Å²) in [4.78, 5) is 9.45. The number of benzene rings is 4. The Kier molecular flexibility index (Phi) is 5.63. The lowest BCUT2D eigenvalue weighted by Gasteiger charge is -2.23. The van der Waals surface area contributed by atoms with Gasteiger partial charge in [-0.3, -0.25) is 0 Å². The topological polar surface area (TPSA) is 50.4 Å².